The van der Waals surface area contributed by atoms with E-state index in [2.05, 4.69) is 34.1 Å². The molecule has 0 radical (unpaired) electrons. The summed E-state index contributed by atoms with van der Waals surface area (Å²) in [6, 6.07) is 26.4. The van der Waals surface area contributed by atoms with Crippen molar-refractivity contribution in [2.45, 2.75) is 48.6 Å². The quantitative estimate of drug-likeness (QED) is 0.0920. The van der Waals surface area contributed by atoms with Crippen molar-refractivity contribution in [3.63, 3.8) is 0 Å². The number of carbonyl (C=O) groups is 1. The number of fused-ring (bicyclic) bond motifs is 2. The number of Topliss-reactive ketones (excluding diaryl/α,β-unsaturated/α-hetero) is 1. The van der Waals surface area contributed by atoms with Crippen molar-refractivity contribution in [2.75, 3.05) is 116 Å². The smallest absolute Gasteiger partial charge is 0.227 e. The third-order valence-electron chi connectivity index (χ3n) is 14.4. The number of aromatic nitrogens is 4. The molecule has 0 amide bonds. The Labute approximate surface area is 397 Å². The summed E-state index contributed by atoms with van der Waals surface area (Å²) < 4.78 is 22.1. The second-order valence-corrected chi connectivity index (χ2v) is 18.1. The largest absolute Gasteiger partial charge is 0.493 e. The summed E-state index contributed by atoms with van der Waals surface area (Å²) in [6.45, 7) is 2.67. The third-order valence-corrected chi connectivity index (χ3v) is 14.4. The average Bonchev–Trinajstić information content (AvgIpc) is 3.37. The minimum atomic E-state index is -0.782. The zero-order valence-corrected chi connectivity index (χ0v) is 39.9. The standard InChI is InChI=1S/C51H64N10O7/c1-58(48-54-37-27-43(67-5)41(65-3)25-35(37)46(52)56-48)31-50(33-13-9-7-10-14-33)17-21-60(22-18-50)39(29-62)45(64)40(30-63)61-23-19-51(20-24-61,34-15-11-8-12-16-34)32-59(2)49-55-38-28-44(68-6)42(66-4)26-36(38)47(53)57-49/h7-16,25-28,39-40,62-63H,17-24,29-32H2,1-6H3,(H2,52,54,56)(H2,53,55,57). The normalized spacial score (nSPS) is 17.1. The van der Waals surface area contributed by atoms with Crippen LogP contribution in [0.5, 0.6) is 23.0 Å². The molecule has 4 aromatic carbocycles. The first kappa shape index (κ1) is 47.9. The van der Waals surface area contributed by atoms with E-state index in [0.29, 0.717) is 133 Å². The molecular formula is C51H64N10O7. The van der Waals surface area contributed by atoms with Crippen molar-refractivity contribution in [3.05, 3.63) is 96.1 Å². The van der Waals surface area contributed by atoms with Crippen molar-refractivity contribution in [2.24, 2.45) is 0 Å². The van der Waals surface area contributed by atoms with Crippen molar-refractivity contribution >= 4 is 51.1 Å². The number of likely N-dealkylation sites (N-methyl/N-ethyl adjacent to an activating group) is 2. The molecule has 4 heterocycles. The molecule has 17 heteroatoms. The van der Waals surface area contributed by atoms with E-state index in [4.69, 9.17) is 50.4 Å². The maximum atomic E-state index is 14.6. The van der Waals surface area contributed by atoms with Gasteiger partial charge in [-0.15, -0.1) is 0 Å². The van der Waals surface area contributed by atoms with Gasteiger partial charge in [-0.25, -0.2) is 9.97 Å². The van der Waals surface area contributed by atoms with Crippen molar-refractivity contribution in [1.82, 2.24) is 29.7 Å². The minimum absolute atomic E-state index is 0.178. The number of carbonyl (C=O) groups excluding carboxylic acids is 1. The van der Waals surface area contributed by atoms with Gasteiger partial charge < -0.3 is 50.4 Å². The van der Waals surface area contributed by atoms with Crippen LogP contribution in [0.15, 0.2) is 84.9 Å². The molecule has 2 atom stereocenters. The van der Waals surface area contributed by atoms with E-state index in [1.165, 1.54) is 11.1 Å². The van der Waals surface area contributed by atoms with Crippen LogP contribution in [0, 0.1) is 0 Å². The number of ether oxygens (including phenoxy) is 4. The fourth-order valence-electron chi connectivity index (χ4n) is 10.5. The summed E-state index contributed by atoms with van der Waals surface area (Å²) in [5.41, 5.74) is 16.0. The molecule has 2 saturated heterocycles. The van der Waals surface area contributed by atoms with Gasteiger partial charge >= 0.3 is 0 Å². The molecule has 0 aliphatic carbocycles. The van der Waals surface area contributed by atoms with Gasteiger partial charge in [0.25, 0.3) is 0 Å². The molecule has 0 spiro atoms. The summed E-state index contributed by atoms with van der Waals surface area (Å²) in [4.78, 5) is 42.1. The fraction of sp³-hybridized carbons (Fsp3) is 0.431. The Morgan fingerprint density at radius 1 is 0.588 bits per heavy atom. The number of benzene rings is 4. The lowest BCUT2D eigenvalue weighted by Crippen LogP contribution is -2.60. The van der Waals surface area contributed by atoms with Gasteiger partial charge in [-0.1, -0.05) is 60.7 Å². The minimum Gasteiger partial charge on any atom is -0.493 e. The maximum absolute atomic E-state index is 14.6. The number of methoxy groups -OCH3 is 4. The molecule has 8 rings (SSSR count). The van der Waals surface area contributed by atoms with Gasteiger partial charge in [0.1, 0.15) is 11.6 Å². The first-order chi connectivity index (χ1) is 32.9. The molecule has 2 unspecified atom stereocenters. The van der Waals surface area contributed by atoms with E-state index < -0.39 is 12.1 Å². The zero-order chi connectivity index (χ0) is 48.2. The molecule has 2 fully saturated rings. The molecule has 2 aliphatic rings. The third kappa shape index (κ3) is 9.35. The molecule has 6 N–H and O–H groups in total. The van der Waals surface area contributed by atoms with Gasteiger partial charge in [-0.2, -0.15) is 9.97 Å². The van der Waals surface area contributed by atoms with Crippen LogP contribution in [0.25, 0.3) is 21.8 Å². The van der Waals surface area contributed by atoms with Crippen LogP contribution in [0.4, 0.5) is 23.5 Å². The molecule has 17 nitrogen and oxygen atoms in total. The SMILES string of the molecule is COc1cc2nc(N(C)CC3(c4ccccc4)CCN(C(CO)C(=O)C(CO)N4CCC(CN(C)c5nc(N)c6cc(OC)c(OC)cc6n5)(c5ccccc5)CC4)CC3)nc(N)c2cc1OC. The lowest BCUT2D eigenvalue weighted by atomic mass is 9.71. The number of anilines is 4. The Bertz CT molecular complexity index is 2510. The molecule has 2 aromatic heterocycles. The average molecular weight is 929 g/mol. The number of aliphatic hydroxyl groups excluding tert-OH is 2. The second kappa shape index (κ2) is 20.4. The Morgan fingerprint density at radius 2 is 0.926 bits per heavy atom. The number of likely N-dealkylation sites (tertiary alicyclic amines) is 2. The maximum Gasteiger partial charge on any atom is 0.227 e. The second-order valence-electron chi connectivity index (χ2n) is 18.1. The highest BCUT2D eigenvalue weighted by atomic mass is 16.5. The van der Waals surface area contributed by atoms with Crippen LogP contribution in [0.2, 0.25) is 0 Å². The van der Waals surface area contributed by atoms with Gasteiger partial charge in [-0.3, -0.25) is 14.6 Å². The molecule has 68 heavy (non-hydrogen) atoms. The van der Waals surface area contributed by atoms with E-state index in [1.54, 1.807) is 52.7 Å². The number of hydrogen-bond acceptors (Lipinski definition) is 17. The highest BCUT2D eigenvalue weighted by molar-refractivity contribution is 5.93. The van der Waals surface area contributed by atoms with Crippen LogP contribution >= 0.6 is 0 Å². The van der Waals surface area contributed by atoms with E-state index in [9.17, 15) is 15.0 Å². The molecule has 6 aromatic rings. The van der Waals surface area contributed by atoms with Crippen LogP contribution in [-0.2, 0) is 15.6 Å². The lowest BCUT2D eigenvalue weighted by Gasteiger charge is -2.48. The summed E-state index contributed by atoms with van der Waals surface area (Å²) in [7, 11) is 10.3. The Hall–Kier alpha value is -6.53. The Balaban J connectivity index is 0.975. The molecule has 0 bridgehead atoms. The van der Waals surface area contributed by atoms with Gasteiger partial charge in [0.15, 0.2) is 28.8 Å². The first-order valence-electron chi connectivity index (χ1n) is 23.1. The van der Waals surface area contributed by atoms with E-state index >= 15 is 0 Å². The van der Waals surface area contributed by atoms with Crippen molar-refractivity contribution < 1.29 is 34.0 Å². The zero-order valence-electron chi connectivity index (χ0n) is 39.9. The predicted molar refractivity (Wildman–Crippen MR) is 265 cm³/mol. The highest BCUT2D eigenvalue weighted by Crippen LogP contribution is 2.41. The van der Waals surface area contributed by atoms with Crippen LogP contribution in [0.3, 0.4) is 0 Å². The summed E-state index contributed by atoms with van der Waals surface area (Å²) in [6.07, 6.45) is 2.81. The van der Waals surface area contributed by atoms with Crippen molar-refractivity contribution in [1.29, 1.82) is 0 Å². The van der Waals surface area contributed by atoms with E-state index in [0.717, 1.165) is 0 Å². The summed E-state index contributed by atoms with van der Waals surface area (Å²) in [5, 5.41) is 23.2. The first-order valence-corrected chi connectivity index (χ1v) is 23.1. The van der Waals surface area contributed by atoms with E-state index in [1.807, 2.05) is 60.3 Å². The number of nitrogens with zero attached hydrogens (tertiary/aromatic N) is 8. The number of hydrogen-bond donors (Lipinski definition) is 4. The van der Waals surface area contributed by atoms with Crippen LogP contribution in [-0.4, -0.2) is 153 Å². The molecule has 360 valence electrons. The van der Waals surface area contributed by atoms with Crippen molar-refractivity contribution in [3.8, 4) is 23.0 Å². The van der Waals surface area contributed by atoms with Crippen LogP contribution in [0.1, 0.15) is 36.8 Å². The summed E-state index contributed by atoms with van der Waals surface area (Å²) >= 11 is 0. The number of ketones is 1. The molecular weight excluding hydrogens is 865 g/mol. The molecule has 0 saturated carbocycles. The lowest BCUT2D eigenvalue weighted by molar-refractivity contribution is -0.134. The van der Waals surface area contributed by atoms with E-state index in [-0.39, 0.29) is 29.8 Å². The number of nitrogens with two attached hydrogens (primary N) is 2. The fourth-order valence-corrected chi connectivity index (χ4v) is 10.5. The topological polar surface area (TPSA) is 211 Å². The van der Waals surface area contributed by atoms with Gasteiger partial charge in [-0.05, 0) is 75.1 Å². The number of aliphatic hydroxyl groups is 2. The Morgan fingerprint density at radius 3 is 1.25 bits per heavy atom. The summed E-state index contributed by atoms with van der Waals surface area (Å²) in [5.74, 6) is 3.62. The number of nitrogen functional groups attached to an aromatic ring is 2. The number of piperidine rings is 2. The molecule has 2 aliphatic heterocycles. The van der Waals surface area contributed by atoms with Crippen LogP contribution < -0.4 is 40.2 Å². The predicted octanol–water partition coefficient (Wildman–Crippen LogP) is 4.70. The Kier molecular flexibility index (Phi) is 14.4. The number of rotatable bonds is 18. The van der Waals surface area contributed by atoms with Gasteiger partial charge in [0, 0.05) is 60.9 Å². The van der Waals surface area contributed by atoms with Gasteiger partial charge in [0.2, 0.25) is 11.9 Å². The highest BCUT2D eigenvalue weighted by Gasteiger charge is 2.45. The van der Waals surface area contributed by atoms with Gasteiger partial charge in [0.05, 0.1) is 64.8 Å². The monoisotopic (exact) mass is 928 g/mol.